The molecule has 0 atom stereocenters. The number of nitrogens with one attached hydrogen (secondary N) is 1. The van der Waals surface area contributed by atoms with Crippen molar-refractivity contribution in [3.63, 3.8) is 0 Å². The normalized spacial score (nSPS) is 13.8. The number of amides is 1. The third-order valence-corrected chi connectivity index (χ3v) is 5.02. The highest BCUT2D eigenvalue weighted by atomic mass is 19.1. The second-order valence-corrected chi connectivity index (χ2v) is 7.12. The highest BCUT2D eigenvalue weighted by Crippen LogP contribution is 2.23. The maximum absolute atomic E-state index is 13.1. The minimum absolute atomic E-state index is 0.124. The first-order chi connectivity index (χ1) is 14.2. The predicted molar refractivity (Wildman–Crippen MR) is 109 cm³/mol. The molecule has 0 saturated carbocycles. The molecule has 0 radical (unpaired) electrons. The Balaban J connectivity index is 1.42. The van der Waals surface area contributed by atoms with Gasteiger partial charge in [0.1, 0.15) is 5.82 Å². The molecule has 0 saturated heterocycles. The number of rotatable bonds is 6. The summed E-state index contributed by atoms with van der Waals surface area (Å²) in [6, 6.07) is 13.0. The monoisotopic (exact) mass is 391 g/mol. The van der Waals surface area contributed by atoms with Crippen molar-refractivity contribution in [2.75, 3.05) is 6.54 Å². The SMILES string of the molecule is O=C(NCCC1=CCCCC1)c1cccc(-c2nc(-c3ccc(F)cc3)no2)c1. The molecule has 1 amide bonds. The lowest BCUT2D eigenvalue weighted by Crippen LogP contribution is -2.24. The first-order valence-electron chi connectivity index (χ1n) is 9.85. The molecule has 2 aromatic carbocycles. The van der Waals surface area contributed by atoms with Gasteiger partial charge < -0.3 is 9.84 Å². The van der Waals surface area contributed by atoms with E-state index in [9.17, 15) is 9.18 Å². The van der Waals surface area contributed by atoms with Crippen LogP contribution in [0.3, 0.4) is 0 Å². The number of hydrogen-bond acceptors (Lipinski definition) is 4. The Bertz CT molecular complexity index is 1020. The molecule has 3 aromatic rings. The first-order valence-corrected chi connectivity index (χ1v) is 9.85. The van der Waals surface area contributed by atoms with Crippen molar-refractivity contribution in [1.29, 1.82) is 0 Å². The van der Waals surface area contributed by atoms with Crippen LogP contribution in [0.2, 0.25) is 0 Å². The first kappa shape index (κ1) is 19.1. The van der Waals surface area contributed by atoms with Crippen LogP contribution < -0.4 is 5.32 Å². The molecule has 0 unspecified atom stereocenters. The van der Waals surface area contributed by atoms with E-state index < -0.39 is 0 Å². The van der Waals surface area contributed by atoms with E-state index in [0.29, 0.717) is 35.0 Å². The number of halogens is 1. The Morgan fingerprint density at radius 1 is 1.10 bits per heavy atom. The van der Waals surface area contributed by atoms with E-state index in [2.05, 4.69) is 21.5 Å². The molecule has 0 aliphatic heterocycles. The maximum atomic E-state index is 13.1. The van der Waals surface area contributed by atoms with Gasteiger partial charge in [-0.25, -0.2) is 4.39 Å². The lowest BCUT2D eigenvalue weighted by Gasteiger charge is -2.13. The Kier molecular flexibility index (Phi) is 5.79. The lowest BCUT2D eigenvalue weighted by molar-refractivity contribution is 0.0954. The van der Waals surface area contributed by atoms with E-state index in [1.807, 2.05) is 6.07 Å². The predicted octanol–water partition coefficient (Wildman–Crippen LogP) is 5.16. The Morgan fingerprint density at radius 2 is 1.97 bits per heavy atom. The highest BCUT2D eigenvalue weighted by molar-refractivity contribution is 5.95. The molecule has 1 heterocycles. The summed E-state index contributed by atoms with van der Waals surface area (Å²) >= 11 is 0. The summed E-state index contributed by atoms with van der Waals surface area (Å²) in [5, 5.41) is 6.93. The summed E-state index contributed by atoms with van der Waals surface area (Å²) in [6.07, 6.45) is 7.99. The molecule has 0 bridgehead atoms. The molecule has 4 rings (SSSR count). The summed E-state index contributed by atoms with van der Waals surface area (Å²) in [5.41, 5.74) is 3.30. The minimum atomic E-state index is -0.323. The van der Waals surface area contributed by atoms with Gasteiger partial charge in [0, 0.05) is 23.2 Å². The van der Waals surface area contributed by atoms with Crippen LogP contribution in [0.5, 0.6) is 0 Å². The zero-order chi connectivity index (χ0) is 20.1. The second-order valence-electron chi connectivity index (χ2n) is 7.12. The van der Waals surface area contributed by atoms with Crippen molar-refractivity contribution in [3.8, 4) is 22.8 Å². The van der Waals surface area contributed by atoms with Crippen molar-refractivity contribution in [2.24, 2.45) is 0 Å². The zero-order valence-electron chi connectivity index (χ0n) is 16.0. The quantitative estimate of drug-likeness (QED) is 0.589. The van der Waals surface area contributed by atoms with Crippen LogP contribution >= 0.6 is 0 Å². The molecule has 5 nitrogen and oxygen atoms in total. The number of benzene rings is 2. The fourth-order valence-corrected chi connectivity index (χ4v) is 3.42. The summed E-state index contributed by atoms with van der Waals surface area (Å²) in [7, 11) is 0. The Hall–Kier alpha value is -3.28. The molecule has 0 fully saturated rings. The summed E-state index contributed by atoms with van der Waals surface area (Å²) < 4.78 is 18.4. The van der Waals surface area contributed by atoms with Crippen molar-refractivity contribution in [1.82, 2.24) is 15.5 Å². The summed E-state index contributed by atoms with van der Waals surface area (Å²) in [4.78, 5) is 16.9. The number of aromatic nitrogens is 2. The van der Waals surface area contributed by atoms with Gasteiger partial charge in [0.05, 0.1) is 0 Å². The molecule has 6 heteroatoms. The minimum Gasteiger partial charge on any atom is -0.352 e. The van der Waals surface area contributed by atoms with E-state index in [1.54, 1.807) is 30.3 Å². The van der Waals surface area contributed by atoms with Crippen LogP contribution in [0.4, 0.5) is 4.39 Å². The van der Waals surface area contributed by atoms with Gasteiger partial charge in [0.15, 0.2) is 0 Å². The number of allylic oxidation sites excluding steroid dienone is 1. The molecule has 29 heavy (non-hydrogen) atoms. The van der Waals surface area contributed by atoms with Crippen LogP contribution in [0.25, 0.3) is 22.8 Å². The van der Waals surface area contributed by atoms with Gasteiger partial charge in [-0.3, -0.25) is 4.79 Å². The van der Waals surface area contributed by atoms with E-state index in [4.69, 9.17) is 4.52 Å². The molecule has 1 aromatic heterocycles. The molecule has 0 spiro atoms. The van der Waals surface area contributed by atoms with E-state index in [-0.39, 0.29) is 11.7 Å². The van der Waals surface area contributed by atoms with Gasteiger partial charge in [0.2, 0.25) is 5.82 Å². The molecule has 148 valence electrons. The maximum Gasteiger partial charge on any atom is 0.258 e. The average Bonchev–Trinajstić information content (AvgIpc) is 3.25. The van der Waals surface area contributed by atoms with Gasteiger partial charge in [-0.1, -0.05) is 22.9 Å². The van der Waals surface area contributed by atoms with Crippen LogP contribution in [0.1, 0.15) is 42.5 Å². The fourth-order valence-electron chi connectivity index (χ4n) is 3.42. The van der Waals surface area contributed by atoms with Gasteiger partial charge >= 0.3 is 0 Å². The fraction of sp³-hybridized carbons (Fsp3) is 0.261. The topological polar surface area (TPSA) is 68.0 Å². The number of carbonyl (C=O) groups excluding carboxylic acids is 1. The third-order valence-electron chi connectivity index (χ3n) is 5.02. The number of hydrogen-bond donors (Lipinski definition) is 1. The lowest BCUT2D eigenvalue weighted by atomic mass is 9.97. The van der Waals surface area contributed by atoms with E-state index in [0.717, 1.165) is 19.3 Å². The Morgan fingerprint density at radius 3 is 2.76 bits per heavy atom. The highest BCUT2D eigenvalue weighted by Gasteiger charge is 2.13. The van der Waals surface area contributed by atoms with Crippen molar-refractivity contribution >= 4 is 5.91 Å². The van der Waals surface area contributed by atoms with Gasteiger partial charge in [0.25, 0.3) is 11.8 Å². The summed E-state index contributed by atoms with van der Waals surface area (Å²) in [6.45, 7) is 0.629. The van der Waals surface area contributed by atoms with Crippen LogP contribution in [0, 0.1) is 5.82 Å². The average molecular weight is 391 g/mol. The standard InChI is InChI=1S/C23H22FN3O2/c24-20-11-9-17(10-12-20)21-26-23(29-27-21)19-8-4-7-18(15-19)22(28)25-14-13-16-5-2-1-3-6-16/h4-5,7-12,15H,1-3,6,13-14H2,(H,25,28). The third kappa shape index (κ3) is 4.77. The van der Waals surface area contributed by atoms with E-state index in [1.165, 1.54) is 30.5 Å². The molecule has 1 N–H and O–H groups in total. The second kappa shape index (κ2) is 8.82. The van der Waals surface area contributed by atoms with Gasteiger partial charge in [-0.2, -0.15) is 4.98 Å². The van der Waals surface area contributed by atoms with Crippen LogP contribution in [-0.2, 0) is 0 Å². The number of carbonyl (C=O) groups is 1. The molecular formula is C23H22FN3O2. The van der Waals surface area contributed by atoms with Crippen LogP contribution in [-0.4, -0.2) is 22.6 Å². The Labute approximate surface area is 168 Å². The van der Waals surface area contributed by atoms with Crippen molar-refractivity contribution < 1.29 is 13.7 Å². The smallest absolute Gasteiger partial charge is 0.258 e. The van der Waals surface area contributed by atoms with Gasteiger partial charge in [-0.15, -0.1) is 0 Å². The molecular weight excluding hydrogens is 369 g/mol. The number of nitrogens with zero attached hydrogens (tertiary/aromatic N) is 2. The van der Waals surface area contributed by atoms with Crippen LogP contribution in [0.15, 0.2) is 64.7 Å². The molecule has 1 aliphatic carbocycles. The van der Waals surface area contributed by atoms with Crippen molar-refractivity contribution in [2.45, 2.75) is 32.1 Å². The largest absolute Gasteiger partial charge is 0.352 e. The zero-order valence-corrected chi connectivity index (χ0v) is 16.0. The van der Waals surface area contributed by atoms with Gasteiger partial charge in [-0.05, 0) is 74.6 Å². The summed E-state index contributed by atoms with van der Waals surface area (Å²) in [5.74, 6) is 0.236. The van der Waals surface area contributed by atoms with E-state index >= 15 is 0 Å². The van der Waals surface area contributed by atoms with Crippen molar-refractivity contribution in [3.05, 3.63) is 71.6 Å². The molecule has 1 aliphatic rings.